The Morgan fingerprint density at radius 1 is 1.20 bits per heavy atom. The number of nitro groups is 1. The van der Waals surface area contributed by atoms with Gasteiger partial charge in [-0.2, -0.15) is 4.31 Å². The first-order valence-corrected chi connectivity index (χ1v) is 7.76. The van der Waals surface area contributed by atoms with Gasteiger partial charge in [-0.05, 0) is 25.0 Å². The van der Waals surface area contributed by atoms with Gasteiger partial charge in [-0.15, -0.1) is 0 Å². The molecule has 0 atom stereocenters. The van der Waals surface area contributed by atoms with Gasteiger partial charge in [0.1, 0.15) is 0 Å². The lowest BCUT2D eigenvalue weighted by Gasteiger charge is -2.29. The van der Waals surface area contributed by atoms with Crippen LogP contribution >= 0.6 is 0 Å². The summed E-state index contributed by atoms with van der Waals surface area (Å²) in [6, 6.07) is 4.99. The van der Waals surface area contributed by atoms with Crippen LogP contribution in [0, 0.1) is 10.1 Å². The summed E-state index contributed by atoms with van der Waals surface area (Å²) in [5.74, 6) is 0. The van der Waals surface area contributed by atoms with Gasteiger partial charge in [-0.25, -0.2) is 8.42 Å². The van der Waals surface area contributed by atoms with Crippen LogP contribution in [-0.4, -0.2) is 42.9 Å². The maximum absolute atomic E-state index is 12.4. The Morgan fingerprint density at radius 2 is 1.75 bits per heavy atom. The van der Waals surface area contributed by atoms with E-state index >= 15 is 0 Å². The van der Waals surface area contributed by atoms with Gasteiger partial charge >= 0.3 is 0 Å². The minimum atomic E-state index is -3.57. The Hall–Kier alpha value is -1.51. The lowest BCUT2D eigenvalue weighted by atomic mass is 10.00. The molecule has 3 rings (SSSR count). The molecule has 2 fully saturated rings. The van der Waals surface area contributed by atoms with Crippen molar-refractivity contribution in [3.05, 3.63) is 34.4 Å². The van der Waals surface area contributed by atoms with Crippen LogP contribution < -0.4 is 0 Å². The highest BCUT2D eigenvalue weighted by Crippen LogP contribution is 2.39. The molecule has 20 heavy (non-hydrogen) atoms. The standard InChI is InChI=1S/C12H14N2O5S/c15-14(16)10-1-3-11(4-2-10)20(17,18)13-7-5-12(6-8-13)9-19-12/h1-4H,5-9H2. The maximum Gasteiger partial charge on any atom is 0.269 e. The zero-order valence-electron chi connectivity index (χ0n) is 10.7. The second-order valence-electron chi connectivity index (χ2n) is 5.13. The van der Waals surface area contributed by atoms with Gasteiger partial charge in [-0.1, -0.05) is 0 Å². The number of sulfonamides is 1. The molecular weight excluding hydrogens is 284 g/mol. The van der Waals surface area contributed by atoms with E-state index in [0.29, 0.717) is 25.9 Å². The fraction of sp³-hybridized carbons (Fsp3) is 0.500. The zero-order chi connectivity index (χ0) is 14.4. The minimum Gasteiger partial charge on any atom is -0.369 e. The van der Waals surface area contributed by atoms with Crippen LogP contribution in [-0.2, 0) is 14.8 Å². The Bertz CT molecular complexity index is 626. The van der Waals surface area contributed by atoms with E-state index in [-0.39, 0.29) is 16.2 Å². The number of hydrogen-bond acceptors (Lipinski definition) is 5. The Kier molecular flexibility index (Phi) is 3.03. The molecule has 0 saturated carbocycles. The fourth-order valence-corrected chi connectivity index (χ4v) is 3.86. The van der Waals surface area contributed by atoms with Crippen molar-refractivity contribution in [1.29, 1.82) is 0 Å². The third-order valence-corrected chi connectivity index (χ3v) is 5.78. The summed E-state index contributed by atoms with van der Waals surface area (Å²) in [7, 11) is -3.57. The number of ether oxygens (including phenoxy) is 1. The highest BCUT2D eigenvalue weighted by molar-refractivity contribution is 7.89. The summed E-state index contributed by atoms with van der Waals surface area (Å²) in [6.07, 6.45) is 1.42. The van der Waals surface area contributed by atoms with Gasteiger partial charge < -0.3 is 4.74 Å². The van der Waals surface area contributed by atoms with Crippen molar-refractivity contribution in [3.8, 4) is 0 Å². The fourth-order valence-electron chi connectivity index (χ4n) is 2.41. The summed E-state index contributed by atoms with van der Waals surface area (Å²) >= 11 is 0. The van der Waals surface area contributed by atoms with Gasteiger partial charge in [0, 0.05) is 25.2 Å². The normalized spacial score (nSPS) is 21.8. The van der Waals surface area contributed by atoms with E-state index in [1.165, 1.54) is 28.6 Å². The molecule has 7 nitrogen and oxygen atoms in total. The van der Waals surface area contributed by atoms with Gasteiger partial charge in [-0.3, -0.25) is 10.1 Å². The third kappa shape index (κ3) is 2.30. The molecule has 0 bridgehead atoms. The van der Waals surface area contributed by atoms with Gasteiger partial charge in [0.2, 0.25) is 10.0 Å². The molecule has 2 aliphatic rings. The largest absolute Gasteiger partial charge is 0.369 e. The highest BCUT2D eigenvalue weighted by atomic mass is 32.2. The van der Waals surface area contributed by atoms with Crippen LogP contribution in [0.5, 0.6) is 0 Å². The summed E-state index contributed by atoms with van der Waals surface area (Å²) in [4.78, 5) is 10.1. The predicted octanol–water partition coefficient (Wildman–Crippen LogP) is 1.15. The first-order valence-electron chi connectivity index (χ1n) is 6.32. The monoisotopic (exact) mass is 298 g/mol. The smallest absolute Gasteiger partial charge is 0.269 e. The molecule has 8 heteroatoms. The number of benzene rings is 1. The molecule has 1 aromatic rings. The number of epoxide rings is 1. The van der Waals surface area contributed by atoms with E-state index in [2.05, 4.69) is 0 Å². The molecule has 2 heterocycles. The minimum absolute atomic E-state index is 0.0819. The number of hydrogen-bond donors (Lipinski definition) is 0. The summed E-state index contributed by atoms with van der Waals surface area (Å²) in [5, 5.41) is 10.6. The third-order valence-electron chi connectivity index (χ3n) is 3.87. The topological polar surface area (TPSA) is 93.0 Å². The second kappa shape index (κ2) is 4.51. The molecular formula is C12H14N2O5S. The number of non-ortho nitro benzene ring substituents is 1. The number of rotatable bonds is 3. The van der Waals surface area contributed by atoms with Crippen LogP contribution in [0.4, 0.5) is 5.69 Å². The van der Waals surface area contributed by atoms with Gasteiger partial charge in [0.15, 0.2) is 0 Å². The lowest BCUT2D eigenvalue weighted by Crippen LogP contribution is -2.41. The van der Waals surface area contributed by atoms with Crippen LogP contribution in [0.2, 0.25) is 0 Å². The average Bonchev–Trinajstić information content (AvgIpc) is 3.19. The molecule has 2 saturated heterocycles. The lowest BCUT2D eigenvalue weighted by molar-refractivity contribution is -0.384. The van der Waals surface area contributed by atoms with Gasteiger partial charge in [0.05, 0.1) is 22.0 Å². The molecule has 0 amide bonds. The van der Waals surface area contributed by atoms with Crippen molar-refractivity contribution < 1.29 is 18.1 Å². The summed E-state index contributed by atoms with van der Waals surface area (Å²) < 4.78 is 31.6. The Morgan fingerprint density at radius 3 is 2.20 bits per heavy atom. The predicted molar refractivity (Wildman–Crippen MR) is 69.8 cm³/mol. The van der Waals surface area contributed by atoms with Crippen molar-refractivity contribution in [3.63, 3.8) is 0 Å². The van der Waals surface area contributed by atoms with E-state index in [4.69, 9.17) is 4.74 Å². The molecule has 1 spiro atoms. The molecule has 1 aromatic carbocycles. The molecule has 0 aliphatic carbocycles. The first-order chi connectivity index (χ1) is 9.43. The van der Waals surface area contributed by atoms with E-state index < -0.39 is 14.9 Å². The van der Waals surface area contributed by atoms with E-state index in [0.717, 1.165) is 6.61 Å². The van der Waals surface area contributed by atoms with Crippen molar-refractivity contribution in [2.24, 2.45) is 0 Å². The summed E-state index contributed by atoms with van der Waals surface area (Å²) in [5.41, 5.74) is -0.200. The molecule has 0 aromatic heterocycles. The quantitative estimate of drug-likeness (QED) is 0.474. The van der Waals surface area contributed by atoms with Crippen LogP contribution in [0.25, 0.3) is 0 Å². The molecule has 0 N–H and O–H groups in total. The van der Waals surface area contributed by atoms with Gasteiger partial charge in [0.25, 0.3) is 5.69 Å². The van der Waals surface area contributed by atoms with Crippen LogP contribution in [0.3, 0.4) is 0 Å². The summed E-state index contributed by atoms with van der Waals surface area (Å²) in [6.45, 7) is 1.58. The number of piperidine rings is 1. The van der Waals surface area contributed by atoms with Crippen molar-refractivity contribution >= 4 is 15.7 Å². The van der Waals surface area contributed by atoms with E-state index in [1.807, 2.05) is 0 Å². The van der Waals surface area contributed by atoms with E-state index in [9.17, 15) is 18.5 Å². The zero-order valence-corrected chi connectivity index (χ0v) is 11.5. The highest BCUT2D eigenvalue weighted by Gasteiger charge is 2.48. The van der Waals surface area contributed by atoms with Crippen molar-refractivity contribution in [2.75, 3.05) is 19.7 Å². The molecule has 0 radical (unpaired) electrons. The second-order valence-corrected chi connectivity index (χ2v) is 7.06. The van der Waals surface area contributed by atoms with Crippen molar-refractivity contribution in [2.45, 2.75) is 23.3 Å². The molecule has 2 aliphatic heterocycles. The molecule has 0 unspecified atom stereocenters. The van der Waals surface area contributed by atoms with Crippen LogP contribution in [0.1, 0.15) is 12.8 Å². The number of nitrogens with zero attached hydrogens (tertiary/aromatic N) is 2. The maximum atomic E-state index is 12.4. The first kappa shape index (κ1) is 13.5. The Labute approximate surface area is 116 Å². The van der Waals surface area contributed by atoms with E-state index in [1.54, 1.807) is 0 Å². The van der Waals surface area contributed by atoms with Crippen molar-refractivity contribution in [1.82, 2.24) is 4.31 Å². The number of nitro benzene ring substituents is 1. The average molecular weight is 298 g/mol. The Balaban J connectivity index is 1.79. The SMILES string of the molecule is O=[N+]([O-])c1ccc(S(=O)(=O)N2CCC3(CC2)CO3)cc1. The molecule has 108 valence electrons. The van der Waals surface area contributed by atoms with Crippen LogP contribution in [0.15, 0.2) is 29.2 Å².